The largest absolute Gasteiger partial charge is 0.370 e. The second-order valence-corrected chi connectivity index (χ2v) is 7.19. The molecule has 2 aromatic rings. The van der Waals surface area contributed by atoms with Crippen LogP contribution in [-0.2, 0) is 0 Å². The molecular formula is C16H17BrClN5. The van der Waals surface area contributed by atoms with Crippen molar-refractivity contribution in [3.8, 4) is 6.07 Å². The Bertz CT molecular complexity index is 751. The number of nitrogens with zero attached hydrogens (tertiary/aromatic N) is 4. The van der Waals surface area contributed by atoms with Gasteiger partial charge in [-0.1, -0.05) is 11.6 Å². The molecule has 7 heteroatoms. The van der Waals surface area contributed by atoms with Crippen molar-refractivity contribution in [2.75, 3.05) is 11.9 Å². The zero-order chi connectivity index (χ0) is 16.4. The molecule has 120 valence electrons. The summed E-state index contributed by atoms with van der Waals surface area (Å²) in [4.78, 5) is 4.31. The van der Waals surface area contributed by atoms with E-state index in [1.165, 1.54) is 0 Å². The van der Waals surface area contributed by atoms with E-state index in [2.05, 4.69) is 37.4 Å². The molecule has 1 aliphatic rings. The summed E-state index contributed by atoms with van der Waals surface area (Å²) in [6, 6.07) is 6.17. The SMILES string of the molecule is Cc1cc(C#N)nn1C1CCC(CNc2cc(Cl)c(Br)cn2)C1. The first-order valence-corrected chi connectivity index (χ1v) is 8.75. The van der Waals surface area contributed by atoms with Gasteiger partial charge in [-0.3, -0.25) is 4.68 Å². The van der Waals surface area contributed by atoms with E-state index in [1.54, 1.807) is 6.20 Å². The fourth-order valence-electron chi connectivity index (χ4n) is 3.13. The number of rotatable bonds is 4. The third kappa shape index (κ3) is 3.67. The Morgan fingerprint density at radius 3 is 3.00 bits per heavy atom. The van der Waals surface area contributed by atoms with Crippen LogP contribution in [0.3, 0.4) is 0 Å². The van der Waals surface area contributed by atoms with Gasteiger partial charge < -0.3 is 5.32 Å². The fourth-order valence-corrected chi connectivity index (χ4v) is 3.50. The van der Waals surface area contributed by atoms with E-state index < -0.39 is 0 Å². The normalized spacial score (nSPS) is 20.4. The molecule has 0 aliphatic heterocycles. The molecule has 5 nitrogen and oxygen atoms in total. The first-order chi connectivity index (χ1) is 11.1. The molecule has 1 fully saturated rings. The van der Waals surface area contributed by atoms with Crippen LogP contribution < -0.4 is 5.32 Å². The van der Waals surface area contributed by atoms with Crippen molar-refractivity contribution in [2.24, 2.45) is 5.92 Å². The van der Waals surface area contributed by atoms with Gasteiger partial charge in [0.05, 0.1) is 15.5 Å². The number of hydrogen-bond acceptors (Lipinski definition) is 4. The van der Waals surface area contributed by atoms with Gasteiger partial charge in [0.25, 0.3) is 0 Å². The van der Waals surface area contributed by atoms with Crippen LogP contribution in [0.1, 0.15) is 36.7 Å². The van der Waals surface area contributed by atoms with E-state index in [0.29, 0.717) is 22.7 Å². The third-order valence-electron chi connectivity index (χ3n) is 4.28. The molecular weight excluding hydrogens is 378 g/mol. The molecule has 2 atom stereocenters. The van der Waals surface area contributed by atoms with Crippen LogP contribution in [0.15, 0.2) is 22.8 Å². The summed E-state index contributed by atoms with van der Waals surface area (Å²) in [5.41, 5.74) is 1.55. The number of pyridine rings is 1. The van der Waals surface area contributed by atoms with Gasteiger partial charge in [-0.05, 0) is 54.1 Å². The average molecular weight is 395 g/mol. The summed E-state index contributed by atoms with van der Waals surface area (Å²) in [6.07, 6.45) is 5.00. The minimum atomic E-state index is 0.380. The second kappa shape index (κ2) is 6.90. The molecule has 1 aliphatic carbocycles. The van der Waals surface area contributed by atoms with E-state index in [0.717, 1.165) is 41.8 Å². The zero-order valence-electron chi connectivity index (χ0n) is 12.8. The highest BCUT2D eigenvalue weighted by Crippen LogP contribution is 2.35. The maximum absolute atomic E-state index is 8.97. The molecule has 1 N–H and O–H groups in total. The maximum Gasteiger partial charge on any atom is 0.162 e. The highest BCUT2D eigenvalue weighted by Gasteiger charge is 2.27. The minimum absolute atomic E-state index is 0.380. The lowest BCUT2D eigenvalue weighted by molar-refractivity contribution is 0.437. The molecule has 2 aromatic heterocycles. The molecule has 0 bridgehead atoms. The van der Waals surface area contributed by atoms with E-state index >= 15 is 0 Å². The number of aromatic nitrogens is 3. The lowest BCUT2D eigenvalue weighted by atomic mass is 10.1. The number of aryl methyl sites for hydroxylation is 1. The van der Waals surface area contributed by atoms with Crippen molar-refractivity contribution in [1.82, 2.24) is 14.8 Å². The van der Waals surface area contributed by atoms with Crippen molar-refractivity contribution >= 4 is 33.3 Å². The zero-order valence-corrected chi connectivity index (χ0v) is 15.1. The standard InChI is InChI=1S/C16H17BrClN5/c1-10-4-12(7-19)22-23(10)13-3-2-11(5-13)8-20-16-6-15(18)14(17)9-21-16/h4,6,9,11,13H,2-3,5,8H2,1H3,(H,20,21). The summed E-state index contributed by atoms with van der Waals surface area (Å²) in [5.74, 6) is 1.36. The van der Waals surface area contributed by atoms with Crippen LogP contribution in [0.4, 0.5) is 5.82 Å². The number of nitriles is 1. The predicted octanol–water partition coefficient (Wildman–Crippen LogP) is 4.33. The van der Waals surface area contributed by atoms with E-state index in [4.69, 9.17) is 16.9 Å². The van der Waals surface area contributed by atoms with Crippen molar-refractivity contribution in [2.45, 2.75) is 32.2 Å². The quantitative estimate of drug-likeness (QED) is 0.838. The Hall–Kier alpha value is -1.58. The van der Waals surface area contributed by atoms with Crippen molar-refractivity contribution in [3.63, 3.8) is 0 Å². The van der Waals surface area contributed by atoms with E-state index in [9.17, 15) is 0 Å². The third-order valence-corrected chi connectivity index (χ3v) is 5.45. The van der Waals surface area contributed by atoms with Gasteiger partial charge in [-0.15, -0.1) is 0 Å². The topological polar surface area (TPSA) is 66.5 Å². The van der Waals surface area contributed by atoms with Crippen LogP contribution in [0.5, 0.6) is 0 Å². The van der Waals surface area contributed by atoms with Crippen LogP contribution in [-0.4, -0.2) is 21.3 Å². The Labute approximate surface area is 148 Å². The Balaban J connectivity index is 1.58. The summed E-state index contributed by atoms with van der Waals surface area (Å²) >= 11 is 9.42. The van der Waals surface area contributed by atoms with E-state index in [1.807, 2.05) is 23.7 Å². The van der Waals surface area contributed by atoms with E-state index in [-0.39, 0.29) is 0 Å². The first kappa shape index (κ1) is 16.3. The van der Waals surface area contributed by atoms with Gasteiger partial charge in [0.2, 0.25) is 0 Å². The highest BCUT2D eigenvalue weighted by atomic mass is 79.9. The van der Waals surface area contributed by atoms with Gasteiger partial charge in [-0.2, -0.15) is 10.4 Å². The number of halogens is 2. The summed E-state index contributed by atoms with van der Waals surface area (Å²) < 4.78 is 2.81. The summed E-state index contributed by atoms with van der Waals surface area (Å²) in [6.45, 7) is 2.88. The lowest BCUT2D eigenvalue weighted by Gasteiger charge is -2.14. The van der Waals surface area contributed by atoms with Crippen molar-refractivity contribution in [1.29, 1.82) is 5.26 Å². The van der Waals surface area contributed by atoms with Gasteiger partial charge in [0.1, 0.15) is 11.9 Å². The molecule has 1 saturated carbocycles. The molecule has 0 radical (unpaired) electrons. The maximum atomic E-state index is 8.97. The monoisotopic (exact) mass is 393 g/mol. The highest BCUT2D eigenvalue weighted by molar-refractivity contribution is 9.10. The average Bonchev–Trinajstić information content (AvgIpc) is 3.14. The number of anilines is 1. The molecule has 0 spiro atoms. The molecule has 0 amide bonds. The van der Waals surface area contributed by atoms with Crippen LogP contribution >= 0.6 is 27.5 Å². The molecule has 2 heterocycles. The lowest BCUT2D eigenvalue weighted by Crippen LogP contribution is -2.14. The number of hydrogen-bond donors (Lipinski definition) is 1. The second-order valence-electron chi connectivity index (χ2n) is 5.92. The first-order valence-electron chi connectivity index (χ1n) is 7.58. The predicted molar refractivity (Wildman–Crippen MR) is 93.5 cm³/mol. The molecule has 2 unspecified atom stereocenters. The Morgan fingerprint density at radius 2 is 2.30 bits per heavy atom. The van der Waals surface area contributed by atoms with Gasteiger partial charge >= 0.3 is 0 Å². The Morgan fingerprint density at radius 1 is 1.48 bits per heavy atom. The van der Waals surface area contributed by atoms with Gasteiger partial charge in [-0.25, -0.2) is 4.98 Å². The molecule has 3 rings (SSSR count). The minimum Gasteiger partial charge on any atom is -0.370 e. The van der Waals surface area contributed by atoms with Crippen molar-refractivity contribution in [3.05, 3.63) is 39.2 Å². The van der Waals surface area contributed by atoms with Crippen LogP contribution in [0.25, 0.3) is 0 Å². The Kier molecular flexibility index (Phi) is 4.88. The molecule has 0 aromatic carbocycles. The smallest absolute Gasteiger partial charge is 0.162 e. The summed E-state index contributed by atoms with van der Waals surface area (Å²) in [7, 11) is 0. The van der Waals surface area contributed by atoms with Gasteiger partial charge in [0, 0.05) is 24.5 Å². The molecule has 0 saturated heterocycles. The van der Waals surface area contributed by atoms with Crippen LogP contribution in [0.2, 0.25) is 5.02 Å². The number of nitrogens with one attached hydrogen (secondary N) is 1. The van der Waals surface area contributed by atoms with Gasteiger partial charge in [0.15, 0.2) is 5.69 Å². The molecule has 23 heavy (non-hydrogen) atoms. The van der Waals surface area contributed by atoms with Crippen LogP contribution in [0, 0.1) is 24.2 Å². The van der Waals surface area contributed by atoms with Crippen molar-refractivity contribution < 1.29 is 0 Å². The fraction of sp³-hybridized carbons (Fsp3) is 0.438. The summed E-state index contributed by atoms with van der Waals surface area (Å²) in [5, 5.41) is 17.4.